The normalized spacial score (nSPS) is 20.0. The third kappa shape index (κ3) is 2.83. The Bertz CT molecular complexity index is 485. The Morgan fingerprint density at radius 1 is 1.37 bits per heavy atom. The fraction of sp³-hybridized carbons (Fsp3) is 0.462. The molecular weight excluding hydrogens is 257 g/mol. The summed E-state index contributed by atoms with van der Waals surface area (Å²) in [5, 5.41) is 2.70. The van der Waals surface area contributed by atoms with E-state index < -0.39 is 17.8 Å². The number of carbonyl (C=O) groups is 1. The summed E-state index contributed by atoms with van der Waals surface area (Å²) < 4.78 is 37.9. The minimum Gasteiger partial charge on any atom is -0.329 e. The highest BCUT2D eigenvalue weighted by molar-refractivity contribution is 5.77. The van der Waals surface area contributed by atoms with E-state index in [0.29, 0.717) is 12.1 Å². The van der Waals surface area contributed by atoms with Gasteiger partial charge < -0.3 is 10.2 Å². The second-order valence-electron chi connectivity index (χ2n) is 4.87. The first-order chi connectivity index (χ1) is 8.79. The number of hydrogen-bond donors (Lipinski definition) is 1. The van der Waals surface area contributed by atoms with Gasteiger partial charge >= 0.3 is 12.2 Å². The van der Waals surface area contributed by atoms with Crippen molar-refractivity contribution in [2.75, 3.05) is 6.54 Å². The summed E-state index contributed by atoms with van der Waals surface area (Å²) in [6, 6.07) is 4.48. The van der Waals surface area contributed by atoms with Crippen LogP contribution >= 0.6 is 0 Å². The van der Waals surface area contributed by atoms with Crippen molar-refractivity contribution < 1.29 is 18.0 Å². The second kappa shape index (κ2) is 4.75. The van der Waals surface area contributed by atoms with E-state index >= 15 is 0 Å². The maximum atomic E-state index is 12.6. The molecule has 0 aromatic heterocycles. The molecule has 1 aliphatic heterocycles. The Hall–Kier alpha value is -1.72. The number of nitrogens with one attached hydrogen (secondary N) is 1. The van der Waals surface area contributed by atoms with Crippen LogP contribution in [0.5, 0.6) is 0 Å². The van der Waals surface area contributed by atoms with Crippen LogP contribution in [0, 0.1) is 0 Å². The SMILES string of the molecule is CC(C)N1CC(c2cccc(C(F)(F)F)c2)NC1=O. The summed E-state index contributed by atoms with van der Waals surface area (Å²) in [5.74, 6) is 0. The fourth-order valence-electron chi connectivity index (χ4n) is 2.12. The van der Waals surface area contributed by atoms with E-state index in [0.717, 1.165) is 12.1 Å². The van der Waals surface area contributed by atoms with Gasteiger partial charge in [0, 0.05) is 12.6 Å². The van der Waals surface area contributed by atoms with Crippen molar-refractivity contribution in [2.24, 2.45) is 0 Å². The lowest BCUT2D eigenvalue weighted by Gasteiger charge is -2.19. The molecule has 0 bridgehead atoms. The first-order valence-electron chi connectivity index (χ1n) is 6.03. The Balaban J connectivity index is 2.22. The van der Waals surface area contributed by atoms with E-state index in [2.05, 4.69) is 5.32 Å². The van der Waals surface area contributed by atoms with E-state index in [-0.39, 0.29) is 12.1 Å². The van der Waals surface area contributed by atoms with Gasteiger partial charge in [0.2, 0.25) is 0 Å². The molecule has 104 valence electrons. The van der Waals surface area contributed by atoms with Crippen molar-refractivity contribution in [3.05, 3.63) is 35.4 Å². The van der Waals surface area contributed by atoms with Crippen LogP contribution in [0.1, 0.15) is 31.0 Å². The van der Waals surface area contributed by atoms with E-state index in [1.165, 1.54) is 6.07 Å². The van der Waals surface area contributed by atoms with Crippen LogP contribution in [0.2, 0.25) is 0 Å². The van der Waals surface area contributed by atoms with E-state index in [1.807, 2.05) is 13.8 Å². The van der Waals surface area contributed by atoms with Gasteiger partial charge in [-0.05, 0) is 31.5 Å². The molecule has 2 amide bonds. The average molecular weight is 272 g/mol. The largest absolute Gasteiger partial charge is 0.416 e. The van der Waals surface area contributed by atoms with Gasteiger partial charge in [0.1, 0.15) is 0 Å². The Morgan fingerprint density at radius 3 is 2.58 bits per heavy atom. The number of amides is 2. The van der Waals surface area contributed by atoms with Gasteiger partial charge in [-0.2, -0.15) is 13.2 Å². The molecule has 1 aliphatic rings. The van der Waals surface area contributed by atoms with Gasteiger partial charge in [0.15, 0.2) is 0 Å². The van der Waals surface area contributed by atoms with Gasteiger partial charge in [0.25, 0.3) is 0 Å². The van der Waals surface area contributed by atoms with Crippen molar-refractivity contribution in [1.82, 2.24) is 10.2 Å². The number of alkyl halides is 3. The molecule has 19 heavy (non-hydrogen) atoms. The summed E-state index contributed by atoms with van der Waals surface area (Å²) in [7, 11) is 0. The molecule has 2 rings (SSSR count). The van der Waals surface area contributed by atoms with E-state index in [4.69, 9.17) is 0 Å². The van der Waals surface area contributed by atoms with Gasteiger partial charge in [-0.1, -0.05) is 12.1 Å². The van der Waals surface area contributed by atoms with Crippen molar-refractivity contribution in [1.29, 1.82) is 0 Å². The summed E-state index contributed by atoms with van der Waals surface area (Å²) in [6.07, 6.45) is -4.36. The summed E-state index contributed by atoms with van der Waals surface area (Å²) in [4.78, 5) is 13.3. The molecule has 1 aromatic rings. The van der Waals surface area contributed by atoms with Crippen molar-refractivity contribution in [3.8, 4) is 0 Å². The molecule has 0 radical (unpaired) electrons. The number of carbonyl (C=O) groups excluding carboxylic acids is 1. The summed E-state index contributed by atoms with van der Waals surface area (Å²) in [5.41, 5.74) is -0.214. The average Bonchev–Trinajstić information content (AvgIpc) is 2.70. The molecule has 1 aromatic carbocycles. The third-order valence-corrected chi connectivity index (χ3v) is 3.18. The molecule has 0 spiro atoms. The molecule has 1 N–H and O–H groups in total. The fourth-order valence-corrected chi connectivity index (χ4v) is 2.12. The minimum absolute atomic E-state index is 0.0239. The molecule has 1 atom stereocenters. The highest BCUT2D eigenvalue weighted by Gasteiger charge is 2.34. The van der Waals surface area contributed by atoms with Gasteiger partial charge in [-0.25, -0.2) is 4.79 Å². The van der Waals surface area contributed by atoms with Crippen molar-refractivity contribution in [2.45, 2.75) is 32.1 Å². The highest BCUT2D eigenvalue weighted by atomic mass is 19.4. The van der Waals surface area contributed by atoms with Crippen molar-refractivity contribution >= 4 is 6.03 Å². The van der Waals surface area contributed by atoms with Crippen LogP contribution < -0.4 is 5.32 Å². The Morgan fingerprint density at radius 2 is 2.05 bits per heavy atom. The summed E-state index contributed by atoms with van der Waals surface area (Å²) in [6.45, 7) is 4.13. The molecule has 1 unspecified atom stereocenters. The number of urea groups is 1. The molecular formula is C13H15F3N2O. The van der Waals surface area contributed by atoms with Crippen LogP contribution in [0.25, 0.3) is 0 Å². The zero-order valence-corrected chi connectivity index (χ0v) is 10.7. The van der Waals surface area contributed by atoms with Crippen LogP contribution in [-0.2, 0) is 6.18 Å². The quantitative estimate of drug-likeness (QED) is 0.881. The lowest BCUT2D eigenvalue weighted by molar-refractivity contribution is -0.137. The topological polar surface area (TPSA) is 32.3 Å². The van der Waals surface area contributed by atoms with Gasteiger partial charge in [0.05, 0.1) is 11.6 Å². The van der Waals surface area contributed by atoms with Crippen molar-refractivity contribution in [3.63, 3.8) is 0 Å². The first-order valence-corrected chi connectivity index (χ1v) is 6.03. The maximum Gasteiger partial charge on any atom is 0.416 e. The van der Waals surface area contributed by atoms with Crippen LogP contribution in [0.15, 0.2) is 24.3 Å². The smallest absolute Gasteiger partial charge is 0.329 e. The zero-order chi connectivity index (χ0) is 14.2. The summed E-state index contributed by atoms with van der Waals surface area (Å²) >= 11 is 0. The predicted octanol–water partition coefficient (Wildman–Crippen LogP) is 3.18. The molecule has 0 aliphatic carbocycles. The Labute approximate surface area is 109 Å². The van der Waals surface area contributed by atoms with E-state index in [1.54, 1.807) is 11.0 Å². The molecule has 3 nitrogen and oxygen atoms in total. The molecule has 6 heteroatoms. The van der Waals surface area contributed by atoms with Gasteiger partial charge in [-0.15, -0.1) is 0 Å². The number of nitrogens with zero attached hydrogens (tertiary/aromatic N) is 1. The number of rotatable bonds is 2. The highest BCUT2D eigenvalue weighted by Crippen LogP contribution is 2.31. The van der Waals surface area contributed by atoms with Crippen LogP contribution in [0.3, 0.4) is 0 Å². The standard InChI is InChI=1S/C13H15F3N2O/c1-8(2)18-7-11(17-12(18)19)9-4-3-5-10(6-9)13(14,15)16/h3-6,8,11H,7H2,1-2H3,(H,17,19). The zero-order valence-electron chi connectivity index (χ0n) is 10.7. The van der Waals surface area contributed by atoms with Crippen LogP contribution in [-0.4, -0.2) is 23.5 Å². The van der Waals surface area contributed by atoms with Gasteiger partial charge in [-0.3, -0.25) is 0 Å². The molecule has 1 heterocycles. The predicted molar refractivity (Wildman–Crippen MR) is 64.6 cm³/mol. The molecule has 1 saturated heterocycles. The first kappa shape index (κ1) is 13.7. The lowest BCUT2D eigenvalue weighted by atomic mass is 10.0. The monoisotopic (exact) mass is 272 g/mol. The minimum atomic E-state index is -4.36. The van der Waals surface area contributed by atoms with Crippen LogP contribution in [0.4, 0.5) is 18.0 Å². The maximum absolute atomic E-state index is 12.6. The number of benzene rings is 1. The molecule has 1 fully saturated rings. The Kier molecular flexibility index (Phi) is 3.43. The second-order valence-corrected chi connectivity index (χ2v) is 4.87. The number of hydrogen-bond acceptors (Lipinski definition) is 1. The third-order valence-electron chi connectivity index (χ3n) is 3.18. The lowest BCUT2D eigenvalue weighted by Crippen LogP contribution is -2.33. The van der Waals surface area contributed by atoms with E-state index in [9.17, 15) is 18.0 Å². The molecule has 0 saturated carbocycles. The number of halogens is 3.